The number of aromatic nitrogens is 2. The number of fused-ring (bicyclic) bond motifs is 1. The Morgan fingerprint density at radius 2 is 1.91 bits per heavy atom. The summed E-state index contributed by atoms with van der Waals surface area (Å²) in [4.78, 5) is 11.7. The summed E-state index contributed by atoms with van der Waals surface area (Å²) in [6.07, 6.45) is -5.88. The van der Waals surface area contributed by atoms with Crippen molar-refractivity contribution < 1.29 is 54.5 Å². The molecule has 0 saturated heterocycles. The number of amides is 1. The quantitative estimate of drug-likeness (QED) is 0.307. The van der Waals surface area contributed by atoms with Gasteiger partial charge in [-0.3, -0.25) is 13.9 Å². The van der Waals surface area contributed by atoms with E-state index < -0.39 is 72.9 Å². The van der Waals surface area contributed by atoms with E-state index in [0.29, 0.717) is 26.7 Å². The van der Waals surface area contributed by atoms with Crippen LogP contribution in [0.4, 0.5) is 29.3 Å². The zero-order valence-electron chi connectivity index (χ0n) is 23.4. The molecule has 1 atom stereocenters. The van der Waals surface area contributed by atoms with Crippen LogP contribution in [0.15, 0.2) is 29.3 Å². The number of aliphatic hydroxyl groups is 1. The van der Waals surface area contributed by atoms with E-state index in [9.17, 15) is 45.0 Å². The fraction of sp³-hybridized carbons (Fsp3) is 0.583. The van der Waals surface area contributed by atoms with Crippen molar-refractivity contribution in [1.29, 1.82) is 0 Å². The summed E-state index contributed by atoms with van der Waals surface area (Å²) in [5, 5.41) is 22.5. The Kier molecular flexibility index (Phi) is 8.85. The lowest BCUT2D eigenvalue weighted by Crippen LogP contribution is -2.57. The number of nitrogens with zero attached hydrogens (tertiary/aromatic N) is 4. The molecule has 1 aromatic heterocycles. The van der Waals surface area contributed by atoms with E-state index in [4.69, 9.17) is 9.47 Å². The van der Waals surface area contributed by atoms with Crippen LogP contribution >= 0.6 is 0 Å². The number of aryl methyl sites for hydroxylation is 1. The number of benzene rings is 1. The van der Waals surface area contributed by atoms with Crippen molar-refractivity contribution in [2.24, 2.45) is 0 Å². The van der Waals surface area contributed by atoms with Gasteiger partial charge in [0.25, 0.3) is 15.9 Å². The smallest absolute Gasteiger partial charge is 0.412 e. The maximum absolute atomic E-state index is 14.1. The van der Waals surface area contributed by atoms with Crippen LogP contribution < -0.4 is 23.4 Å². The van der Waals surface area contributed by atoms with Crippen molar-refractivity contribution >= 4 is 37.5 Å². The molecule has 3 N–H and O–H groups in total. The van der Waals surface area contributed by atoms with Gasteiger partial charge in [-0.1, -0.05) is 0 Å². The second-order valence-electron chi connectivity index (χ2n) is 10.4. The van der Waals surface area contributed by atoms with Crippen molar-refractivity contribution in [3.05, 3.63) is 24.4 Å². The van der Waals surface area contributed by atoms with Gasteiger partial charge in [-0.2, -0.15) is 13.2 Å². The number of anilines is 2. The topological polar surface area (TPSA) is 181 Å². The lowest BCUT2D eigenvalue weighted by atomic mass is 10.0. The number of nitrogens with one attached hydrogen (secondary N) is 1. The molecule has 1 aromatic carbocycles. The molecule has 240 valence electrons. The Morgan fingerprint density at radius 1 is 1.23 bits per heavy atom. The third-order valence-electron chi connectivity index (χ3n) is 6.97. The van der Waals surface area contributed by atoms with Crippen LogP contribution in [0.25, 0.3) is 0 Å². The molecule has 1 aliphatic heterocycles. The highest BCUT2D eigenvalue weighted by Crippen LogP contribution is 2.44. The summed E-state index contributed by atoms with van der Waals surface area (Å²) < 4.78 is 110. The van der Waals surface area contributed by atoms with E-state index in [1.54, 1.807) is 6.92 Å². The summed E-state index contributed by atoms with van der Waals surface area (Å²) in [5.74, 6) is -0.499. The van der Waals surface area contributed by atoms with Crippen molar-refractivity contribution in [1.82, 2.24) is 14.5 Å². The Balaban J connectivity index is 1.82. The number of sulfonamides is 2. The number of alkyl halides is 3. The predicted molar refractivity (Wildman–Crippen MR) is 146 cm³/mol. The van der Waals surface area contributed by atoms with Gasteiger partial charge < -0.3 is 19.7 Å². The second kappa shape index (κ2) is 11.7. The highest BCUT2D eigenvalue weighted by Gasteiger charge is 2.54. The first-order chi connectivity index (χ1) is 19.9. The Hall–Kier alpha value is -3.29. The van der Waals surface area contributed by atoms with Crippen molar-refractivity contribution in [2.75, 3.05) is 35.5 Å². The Bertz CT molecular complexity index is 1570. The largest absolute Gasteiger partial charge is 0.485 e. The van der Waals surface area contributed by atoms with Crippen LogP contribution in [0.1, 0.15) is 33.6 Å². The van der Waals surface area contributed by atoms with E-state index in [1.807, 2.05) is 0 Å². The van der Waals surface area contributed by atoms with E-state index in [-0.39, 0.29) is 41.9 Å². The highest BCUT2D eigenvalue weighted by atomic mass is 32.2. The van der Waals surface area contributed by atoms with Gasteiger partial charge in [0.15, 0.2) is 4.90 Å². The predicted octanol–water partition coefficient (Wildman–Crippen LogP) is 2.14. The molecule has 4 rings (SSSR count). The van der Waals surface area contributed by atoms with Crippen molar-refractivity contribution in [2.45, 2.75) is 68.1 Å². The van der Waals surface area contributed by atoms with Crippen LogP contribution in [0, 0.1) is 0 Å². The lowest BCUT2D eigenvalue weighted by Gasteiger charge is -2.39. The van der Waals surface area contributed by atoms with Crippen LogP contribution in [0.3, 0.4) is 0 Å². The number of hydrogen-bond donors (Lipinski definition) is 3. The summed E-state index contributed by atoms with van der Waals surface area (Å²) >= 11 is 0. The number of ether oxygens (including phenoxy) is 2. The molecule has 1 amide bonds. The minimum atomic E-state index is -5.00. The molecule has 0 spiro atoms. The normalized spacial score (nSPS) is 17.7. The summed E-state index contributed by atoms with van der Waals surface area (Å²) in [7, 11) is -8.32. The van der Waals surface area contributed by atoms with Gasteiger partial charge >= 0.3 is 12.3 Å². The third kappa shape index (κ3) is 6.48. The average Bonchev–Trinajstić information content (AvgIpc) is 3.70. The highest BCUT2D eigenvalue weighted by molar-refractivity contribution is 7.93. The Morgan fingerprint density at radius 3 is 2.47 bits per heavy atom. The van der Waals surface area contributed by atoms with Gasteiger partial charge in [0.1, 0.15) is 24.0 Å². The van der Waals surface area contributed by atoms with Gasteiger partial charge in [0.05, 0.1) is 29.8 Å². The van der Waals surface area contributed by atoms with Crippen LogP contribution in [0.5, 0.6) is 11.6 Å². The molecule has 19 heteroatoms. The molecule has 1 fully saturated rings. The van der Waals surface area contributed by atoms with Crippen LogP contribution in [0.2, 0.25) is 0 Å². The molecule has 14 nitrogen and oxygen atoms in total. The minimum Gasteiger partial charge on any atom is -0.485 e. The molecule has 2 aromatic rings. The number of halogens is 3. The molecule has 2 heterocycles. The molecule has 0 radical (unpaired) electrons. The minimum absolute atomic E-state index is 0.0683. The molecule has 1 saturated carbocycles. The monoisotopic (exact) mass is 655 g/mol. The van der Waals surface area contributed by atoms with Gasteiger partial charge in [-0.15, -0.1) is 5.10 Å². The zero-order chi connectivity index (χ0) is 32.0. The average molecular weight is 656 g/mol. The second-order valence-corrected chi connectivity index (χ2v) is 14.3. The van der Waals surface area contributed by atoms with E-state index in [0.717, 1.165) is 22.5 Å². The standard InChI is InChI=1S/C24H32F3N5O9S2/c1-4-30-14-20(21(29-30)40-10-9-33)43(38,39)31-13-16(12-28-42(36,37)17-6-7-17)41-19-8-5-15(11-18(19)31)32(22(34)35)23(2,3)24(25,26)27/h5,8,11,14,16-17,28,33H,4,6-7,9-10,12-13H2,1-3H3,(H,34,35)/t16-/m0/s1. The summed E-state index contributed by atoms with van der Waals surface area (Å²) in [6.45, 7) is 1.68. The lowest BCUT2D eigenvalue weighted by molar-refractivity contribution is -0.175. The first kappa shape index (κ1) is 32.6. The summed E-state index contributed by atoms with van der Waals surface area (Å²) in [5.41, 5.74) is -3.70. The Labute approximate surface area is 246 Å². The SMILES string of the molecule is CCn1cc(S(=O)(=O)N2C[C@H](CNS(=O)(=O)C3CC3)Oc3ccc(N(C(=O)O)C(C)(C)C(F)(F)F)cc32)c(OCCO)n1. The van der Waals surface area contributed by atoms with Crippen molar-refractivity contribution in [3.63, 3.8) is 0 Å². The first-order valence-electron chi connectivity index (χ1n) is 13.2. The van der Waals surface area contributed by atoms with Crippen LogP contribution in [-0.2, 0) is 26.6 Å². The van der Waals surface area contributed by atoms with Gasteiger partial charge in [-0.25, -0.2) is 26.4 Å². The van der Waals surface area contributed by atoms with Gasteiger partial charge in [0.2, 0.25) is 10.0 Å². The number of carbonyl (C=O) groups is 1. The van der Waals surface area contributed by atoms with E-state index in [2.05, 4.69) is 9.82 Å². The van der Waals surface area contributed by atoms with E-state index >= 15 is 0 Å². The molecule has 2 aliphatic rings. The number of aliphatic hydroxyl groups excluding tert-OH is 1. The maximum atomic E-state index is 14.1. The summed E-state index contributed by atoms with van der Waals surface area (Å²) in [6, 6.07) is 3.10. The fourth-order valence-electron chi connectivity index (χ4n) is 4.36. The van der Waals surface area contributed by atoms with Crippen molar-refractivity contribution in [3.8, 4) is 11.6 Å². The third-order valence-corrected chi connectivity index (χ3v) is 10.7. The van der Waals surface area contributed by atoms with Crippen LogP contribution in [-0.4, -0.2) is 92.3 Å². The van der Waals surface area contributed by atoms with E-state index in [1.165, 1.54) is 10.9 Å². The molecular weight excluding hydrogens is 623 g/mol. The molecule has 1 aliphatic carbocycles. The number of hydrogen-bond acceptors (Lipinski definition) is 9. The number of rotatable bonds is 12. The fourth-order valence-corrected chi connectivity index (χ4v) is 7.35. The molecule has 0 unspecified atom stereocenters. The first-order valence-corrected chi connectivity index (χ1v) is 16.2. The molecular formula is C24H32F3N5O9S2. The van der Waals surface area contributed by atoms with Gasteiger partial charge in [0, 0.05) is 19.3 Å². The maximum Gasteiger partial charge on any atom is 0.412 e. The van der Waals surface area contributed by atoms with Gasteiger partial charge in [-0.05, 0) is 51.8 Å². The zero-order valence-corrected chi connectivity index (χ0v) is 25.0. The molecule has 43 heavy (non-hydrogen) atoms. The number of carboxylic acid groups (broad SMARTS) is 1. The molecule has 0 bridgehead atoms.